The molecule has 0 saturated carbocycles. The molecule has 1 saturated heterocycles. The van der Waals surface area contributed by atoms with Crippen molar-refractivity contribution in [3.63, 3.8) is 0 Å². The van der Waals surface area contributed by atoms with Crippen LogP contribution < -0.4 is 21.5 Å². The number of halogens is 2. The van der Waals surface area contributed by atoms with Crippen molar-refractivity contribution in [2.45, 2.75) is 6.54 Å². The largest absolute Gasteiger partial charge is 0.506 e. The first kappa shape index (κ1) is 27.4. The summed E-state index contributed by atoms with van der Waals surface area (Å²) in [7, 11) is 3.61. The molecule has 1 aromatic carbocycles. The van der Waals surface area contributed by atoms with E-state index in [1.54, 1.807) is 19.3 Å². The topological polar surface area (TPSA) is 152 Å². The SMILES string of the molecule is CN1CCN(c2cc(NC(=O)Cn3cc(-c4cc(Cl)c(O)c(C(N)=O)c4)c4c(=O)n(C)cnc43)c(Cl)cn2)CC1. The van der Waals surface area contributed by atoms with Gasteiger partial charge in [0.1, 0.15) is 23.8 Å². The van der Waals surface area contributed by atoms with Gasteiger partial charge in [-0.3, -0.25) is 14.4 Å². The molecule has 40 heavy (non-hydrogen) atoms. The maximum Gasteiger partial charge on any atom is 0.263 e. The lowest BCUT2D eigenvalue weighted by Crippen LogP contribution is -2.44. The number of aromatic nitrogens is 4. The van der Waals surface area contributed by atoms with Crippen molar-refractivity contribution in [3.8, 4) is 16.9 Å². The van der Waals surface area contributed by atoms with Gasteiger partial charge in [-0.25, -0.2) is 9.97 Å². The summed E-state index contributed by atoms with van der Waals surface area (Å²) < 4.78 is 2.81. The Kier molecular flexibility index (Phi) is 7.41. The molecule has 0 bridgehead atoms. The Morgan fingerprint density at radius 1 is 1.07 bits per heavy atom. The minimum absolute atomic E-state index is 0.117. The van der Waals surface area contributed by atoms with E-state index in [1.165, 1.54) is 33.8 Å². The van der Waals surface area contributed by atoms with E-state index in [1.807, 2.05) is 0 Å². The fraction of sp³-hybridized carbons (Fsp3) is 0.269. The van der Waals surface area contributed by atoms with E-state index < -0.39 is 17.6 Å². The summed E-state index contributed by atoms with van der Waals surface area (Å²) in [6.45, 7) is 3.20. The van der Waals surface area contributed by atoms with Crippen LogP contribution in [0.1, 0.15) is 10.4 Å². The number of rotatable bonds is 6. The number of aryl methyl sites for hydroxylation is 1. The Balaban J connectivity index is 1.49. The Morgan fingerprint density at radius 2 is 1.80 bits per heavy atom. The van der Waals surface area contributed by atoms with E-state index in [-0.39, 0.29) is 38.7 Å². The van der Waals surface area contributed by atoms with Crippen molar-refractivity contribution < 1.29 is 14.7 Å². The number of anilines is 2. The van der Waals surface area contributed by atoms with Crippen molar-refractivity contribution in [3.05, 3.63) is 62.9 Å². The summed E-state index contributed by atoms with van der Waals surface area (Å²) >= 11 is 12.5. The van der Waals surface area contributed by atoms with Gasteiger partial charge in [0.15, 0.2) is 0 Å². The van der Waals surface area contributed by atoms with Crippen LogP contribution in [0.4, 0.5) is 11.5 Å². The van der Waals surface area contributed by atoms with Crippen LogP contribution in [-0.2, 0) is 18.4 Å². The first-order chi connectivity index (χ1) is 19.0. The lowest BCUT2D eigenvalue weighted by molar-refractivity contribution is -0.116. The Labute approximate surface area is 238 Å². The quantitative estimate of drug-likeness (QED) is 0.312. The van der Waals surface area contributed by atoms with Crippen molar-refractivity contribution in [1.82, 2.24) is 24.0 Å². The second-order valence-electron chi connectivity index (χ2n) is 9.61. The molecule has 0 radical (unpaired) electrons. The Hall–Kier alpha value is -4.13. The van der Waals surface area contributed by atoms with E-state index in [0.29, 0.717) is 22.6 Å². The number of nitrogens with one attached hydrogen (secondary N) is 1. The van der Waals surface area contributed by atoms with E-state index in [2.05, 4.69) is 32.1 Å². The smallest absolute Gasteiger partial charge is 0.263 e. The summed E-state index contributed by atoms with van der Waals surface area (Å²) in [5.74, 6) is -1.05. The minimum atomic E-state index is -0.888. The third-order valence-electron chi connectivity index (χ3n) is 6.83. The molecule has 4 N–H and O–H groups in total. The number of carbonyl (C=O) groups is 2. The second kappa shape index (κ2) is 10.8. The van der Waals surface area contributed by atoms with Gasteiger partial charge in [0.25, 0.3) is 11.5 Å². The highest BCUT2D eigenvalue weighted by molar-refractivity contribution is 6.34. The number of primary amides is 1. The van der Waals surface area contributed by atoms with Gasteiger partial charge in [-0.2, -0.15) is 0 Å². The number of fused-ring (bicyclic) bond motifs is 1. The molecule has 4 aromatic rings. The van der Waals surface area contributed by atoms with Crippen molar-refractivity contribution in [2.24, 2.45) is 12.8 Å². The van der Waals surface area contributed by atoms with Gasteiger partial charge in [0.05, 0.1) is 39.2 Å². The zero-order valence-corrected chi connectivity index (χ0v) is 23.2. The minimum Gasteiger partial charge on any atom is -0.506 e. The number of hydrogen-bond donors (Lipinski definition) is 3. The molecule has 0 spiro atoms. The summed E-state index contributed by atoms with van der Waals surface area (Å²) in [6.07, 6.45) is 4.42. The van der Waals surface area contributed by atoms with Crippen LogP contribution in [0.3, 0.4) is 0 Å². The predicted octanol–water partition coefficient (Wildman–Crippen LogP) is 2.30. The Bertz CT molecular complexity index is 1710. The number of amides is 2. The molecule has 0 atom stereocenters. The van der Waals surface area contributed by atoms with Crippen molar-refractivity contribution in [1.29, 1.82) is 0 Å². The van der Waals surface area contributed by atoms with Gasteiger partial charge in [-0.15, -0.1) is 0 Å². The van der Waals surface area contributed by atoms with Crippen LogP contribution >= 0.6 is 23.2 Å². The van der Waals surface area contributed by atoms with Crippen LogP contribution in [-0.4, -0.2) is 74.1 Å². The fourth-order valence-electron chi connectivity index (χ4n) is 4.62. The number of likely N-dealkylation sites (N-methyl/N-ethyl adjacent to an activating group) is 1. The highest BCUT2D eigenvalue weighted by atomic mass is 35.5. The average molecular weight is 585 g/mol. The molecule has 3 aromatic heterocycles. The first-order valence-corrected chi connectivity index (χ1v) is 13.0. The standard InChI is InChI=1S/C26H26Cl2N8O4/c1-33-3-5-35(6-4-33)20-9-19(18(28)10-30-20)32-21(37)12-36-11-16(22-25(36)31-13-34(2)26(22)40)14-7-15(24(29)39)23(38)17(27)8-14/h7-11,13,38H,3-6,12H2,1-2H3,(H2,29,39)(H,30,32,37). The first-order valence-electron chi connectivity index (χ1n) is 12.3. The summed E-state index contributed by atoms with van der Waals surface area (Å²) in [5, 5.41) is 13.4. The molecule has 0 aliphatic carbocycles. The lowest BCUT2D eigenvalue weighted by atomic mass is 10.0. The van der Waals surface area contributed by atoms with Gasteiger partial charge < -0.3 is 35.1 Å². The molecule has 14 heteroatoms. The van der Waals surface area contributed by atoms with Gasteiger partial charge in [-0.05, 0) is 24.7 Å². The molecular formula is C26H26Cl2N8O4. The molecule has 1 aliphatic rings. The maximum atomic E-state index is 13.2. The zero-order chi connectivity index (χ0) is 28.7. The molecule has 1 fully saturated rings. The van der Waals surface area contributed by atoms with E-state index >= 15 is 0 Å². The molecule has 5 rings (SSSR count). The van der Waals surface area contributed by atoms with Gasteiger partial charge in [0, 0.05) is 51.1 Å². The zero-order valence-electron chi connectivity index (χ0n) is 21.7. The number of aromatic hydroxyl groups is 1. The van der Waals surface area contributed by atoms with Crippen LogP contribution in [0.15, 0.2) is 41.7 Å². The van der Waals surface area contributed by atoms with Crippen molar-refractivity contribution >= 4 is 57.6 Å². The lowest BCUT2D eigenvalue weighted by Gasteiger charge is -2.33. The number of nitrogens with two attached hydrogens (primary N) is 1. The normalized spacial score (nSPS) is 14.1. The number of benzene rings is 1. The van der Waals surface area contributed by atoms with E-state index in [0.717, 1.165) is 26.2 Å². The van der Waals surface area contributed by atoms with E-state index in [9.17, 15) is 19.5 Å². The van der Waals surface area contributed by atoms with Crippen LogP contribution in [0.2, 0.25) is 10.0 Å². The van der Waals surface area contributed by atoms with Gasteiger partial charge in [0.2, 0.25) is 5.91 Å². The number of phenols is 1. The molecule has 12 nitrogen and oxygen atoms in total. The molecule has 4 heterocycles. The highest BCUT2D eigenvalue weighted by Gasteiger charge is 2.22. The third-order valence-corrected chi connectivity index (χ3v) is 7.42. The molecule has 0 unspecified atom stereocenters. The van der Waals surface area contributed by atoms with E-state index in [4.69, 9.17) is 28.9 Å². The highest BCUT2D eigenvalue weighted by Crippen LogP contribution is 2.36. The van der Waals surface area contributed by atoms with Crippen LogP contribution in [0, 0.1) is 0 Å². The average Bonchev–Trinajstić information content (AvgIpc) is 3.28. The van der Waals surface area contributed by atoms with Crippen LogP contribution in [0.25, 0.3) is 22.2 Å². The molecular weight excluding hydrogens is 559 g/mol. The molecule has 1 aliphatic heterocycles. The third kappa shape index (κ3) is 5.20. The summed E-state index contributed by atoms with van der Waals surface area (Å²) in [6, 6.07) is 4.49. The number of pyridine rings is 1. The maximum absolute atomic E-state index is 13.2. The monoisotopic (exact) mass is 584 g/mol. The number of hydrogen-bond acceptors (Lipinski definition) is 8. The van der Waals surface area contributed by atoms with Gasteiger partial charge in [-0.1, -0.05) is 23.2 Å². The predicted molar refractivity (Wildman–Crippen MR) is 153 cm³/mol. The Morgan fingerprint density at radius 3 is 2.50 bits per heavy atom. The number of piperazine rings is 1. The number of nitrogens with zero attached hydrogens (tertiary/aromatic N) is 6. The second-order valence-corrected chi connectivity index (χ2v) is 10.4. The van der Waals surface area contributed by atoms with Gasteiger partial charge >= 0.3 is 0 Å². The fourth-order valence-corrected chi connectivity index (χ4v) is 4.99. The molecule has 2 amide bonds. The summed E-state index contributed by atoms with van der Waals surface area (Å²) in [5.41, 5.74) is 6.19. The number of carbonyl (C=O) groups excluding carboxylic acids is 2. The molecule has 208 valence electrons. The van der Waals surface area contributed by atoms with Crippen molar-refractivity contribution in [2.75, 3.05) is 43.4 Å². The summed E-state index contributed by atoms with van der Waals surface area (Å²) in [4.78, 5) is 51.4. The van der Waals surface area contributed by atoms with Crippen LogP contribution in [0.5, 0.6) is 5.75 Å².